The molecule has 1 aromatic heterocycles. The van der Waals surface area contributed by atoms with E-state index in [0.717, 1.165) is 41.6 Å². The molecule has 1 aliphatic heterocycles. The second-order valence-corrected chi connectivity index (χ2v) is 6.35. The SMILES string of the molecule is NC1CCCc2c1cncc2N1Cc2cc(Cl)ccc2C1=O. The molecule has 2 aliphatic rings. The molecule has 4 rings (SSSR count). The lowest BCUT2D eigenvalue weighted by atomic mass is 9.88. The maximum atomic E-state index is 12.7. The van der Waals surface area contributed by atoms with Gasteiger partial charge in [-0.3, -0.25) is 9.78 Å². The number of amides is 1. The lowest BCUT2D eigenvalue weighted by molar-refractivity contribution is 0.0996. The van der Waals surface area contributed by atoms with Crippen LogP contribution in [0.2, 0.25) is 5.02 Å². The molecule has 0 spiro atoms. The summed E-state index contributed by atoms with van der Waals surface area (Å²) >= 11 is 6.04. The maximum absolute atomic E-state index is 12.7. The van der Waals surface area contributed by atoms with Crippen LogP contribution < -0.4 is 10.6 Å². The van der Waals surface area contributed by atoms with Gasteiger partial charge in [0.15, 0.2) is 0 Å². The van der Waals surface area contributed by atoms with E-state index in [0.29, 0.717) is 11.6 Å². The van der Waals surface area contributed by atoms with E-state index in [1.54, 1.807) is 23.2 Å². The van der Waals surface area contributed by atoms with Gasteiger partial charge in [0.25, 0.3) is 5.91 Å². The molecule has 22 heavy (non-hydrogen) atoms. The van der Waals surface area contributed by atoms with Crippen LogP contribution in [-0.4, -0.2) is 10.9 Å². The molecule has 1 aromatic carbocycles. The van der Waals surface area contributed by atoms with Gasteiger partial charge in [-0.15, -0.1) is 0 Å². The van der Waals surface area contributed by atoms with Crippen molar-refractivity contribution < 1.29 is 4.79 Å². The number of benzene rings is 1. The summed E-state index contributed by atoms with van der Waals surface area (Å²) in [5.41, 5.74) is 11.0. The Kier molecular flexibility index (Phi) is 3.17. The Morgan fingerprint density at radius 3 is 3.05 bits per heavy atom. The summed E-state index contributed by atoms with van der Waals surface area (Å²) in [7, 11) is 0. The molecule has 2 N–H and O–H groups in total. The Bertz CT molecular complexity index is 774. The van der Waals surface area contributed by atoms with Crippen LogP contribution in [0.15, 0.2) is 30.6 Å². The Morgan fingerprint density at radius 2 is 2.18 bits per heavy atom. The highest BCUT2D eigenvalue weighted by molar-refractivity contribution is 6.31. The average Bonchev–Trinajstić information content (AvgIpc) is 2.83. The molecule has 1 aliphatic carbocycles. The van der Waals surface area contributed by atoms with Gasteiger partial charge in [0.1, 0.15) is 0 Å². The number of carbonyl (C=O) groups is 1. The molecule has 0 bridgehead atoms. The van der Waals surface area contributed by atoms with Crippen molar-refractivity contribution in [3.8, 4) is 0 Å². The van der Waals surface area contributed by atoms with Crippen LogP contribution in [0.4, 0.5) is 5.69 Å². The minimum absolute atomic E-state index is 0.0148. The van der Waals surface area contributed by atoms with E-state index in [-0.39, 0.29) is 11.9 Å². The van der Waals surface area contributed by atoms with Crippen LogP contribution in [-0.2, 0) is 13.0 Å². The summed E-state index contributed by atoms with van der Waals surface area (Å²) in [6, 6.07) is 5.44. The van der Waals surface area contributed by atoms with Crippen molar-refractivity contribution >= 4 is 23.2 Å². The molecule has 0 fully saturated rings. The highest BCUT2D eigenvalue weighted by Gasteiger charge is 2.32. The first-order valence-corrected chi connectivity index (χ1v) is 7.85. The lowest BCUT2D eigenvalue weighted by Crippen LogP contribution is -2.27. The second-order valence-electron chi connectivity index (χ2n) is 5.92. The number of nitrogens with two attached hydrogens (primary N) is 1. The maximum Gasteiger partial charge on any atom is 0.258 e. The fourth-order valence-corrected chi connectivity index (χ4v) is 3.65. The Balaban J connectivity index is 1.79. The van der Waals surface area contributed by atoms with E-state index in [9.17, 15) is 4.79 Å². The molecule has 0 radical (unpaired) electrons. The first-order chi connectivity index (χ1) is 10.6. The number of halogens is 1. The third-order valence-electron chi connectivity index (χ3n) is 4.57. The molecule has 112 valence electrons. The highest BCUT2D eigenvalue weighted by atomic mass is 35.5. The number of nitrogens with zero attached hydrogens (tertiary/aromatic N) is 2. The number of pyridine rings is 1. The van der Waals surface area contributed by atoms with Crippen LogP contribution in [0.25, 0.3) is 0 Å². The normalized spacial score (nSPS) is 20.0. The van der Waals surface area contributed by atoms with Gasteiger partial charge in [-0.1, -0.05) is 11.6 Å². The molecular formula is C17H16ClN3O. The predicted octanol–water partition coefficient (Wildman–Crippen LogP) is 3.23. The van der Waals surface area contributed by atoms with Gasteiger partial charge in [0.2, 0.25) is 0 Å². The monoisotopic (exact) mass is 313 g/mol. The standard InChI is InChI=1S/C17H16ClN3O/c18-11-4-5-12-10(6-11)9-21(17(12)22)16-8-20-7-14-13(16)2-1-3-15(14)19/h4-8,15H,1-3,9,19H2. The van der Waals surface area contributed by atoms with E-state index < -0.39 is 0 Å². The third-order valence-corrected chi connectivity index (χ3v) is 4.81. The van der Waals surface area contributed by atoms with Crippen molar-refractivity contribution in [2.24, 2.45) is 5.73 Å². The minimum atomic E-state index is 0.0148. The Labute approximate surface area is 133 Å². The van der Waals surface area contributed by atoms with E-state index in [2.05, 4.69) is 4.98 Å². The number of carbonyl (C=O) groups excluding carboxylic acids is 1. The summed E-state index contributed by atoms with van der Waals surface area (Å²) in [6.07, 6.45) is 6.59. The molecule has 1 amide bonds. The van der Waals surface area contributed by atoms with Crippen LogP contribution in [0.1, 0.15) is 45.9 Å². The number of hydrogen-bond acceptors (Lipinski definition) is 3. The first-order valence-electron chi connectivity index (χ1n) is 7.48. The smallest absolute Gasteiger partial charge is 0.258 e. The van der Waals surface area contributed by atoms with Crippen LogP contribution >= 0.6 is 11.6 Å². The van der Waals surface area contributed by atoms with Gasteiger partial charge in [-0.25, -0.2) is 0 Å². The molecule has 0 saturated carbocycles. The Morgan fingerprint density at radius 1 is 1.32 bits per heavy atom. The van der Waals surface area contributed by atoms with Crippen molar-refractivity contribution in [2.75, 3.05) is 4.90 Å². The average molecular weight is 314 g/mol. The number of aromatic nitrogens is 1. The van der Waals surface area contributed by atoms with Gasteiger partial charge in [0, 0.05) is 22.8 Å². The van der Waals surface area contributed by atoms with Gasteiger partial charge in [0.05, 0.1) is 18.4 Å². The number of rotatable bonds is 1. The van der Waals surface area contributed by atoms with Crippen LogP contribution in [0, 0.1) is 0 Å². The lowest BCUT2D eigenvalue weighted by Gasteiger charge is -2.27. The van der Waals surface area contributed by atoms with Crippen molar-refractivity contribution in [1.82, 2.24) is 4.98 Å². The van der Waals surface area contributed by atoms with E-state index >= 15 is 0 Å². The molecule has 1 atom stereocenters. The van der Waals surface area contributed by atoms with Crippen molar-refractivity contribution in [1.29, 1.82) is 0 Å². The van der Waals surface area contributed by atoms with Gasteiger partial charge < -0.3 is 10.6 Å². The van der Waals surface area contributed by atoms with Gasteiger partial charge in [-0.05, 0) is 54.2 Å². The molecular weight excluding hydrogens is 298 g/mol. The second kappa shape index (κ2) is 5.07. The topological polar surface area (TPSA) is 59.2 Å². The summed E-state index contributed by atoms with van der Waals surface area (Å²) < 4.78 is 0. The third kappa shape index (κ3) is 2.02. The van der Waals surface area contributed by atoms with Crippen molar-refractivity contribution in [3.63, 3.8) is 0 Å². The van der Waals surface area contributed by atoms with Gasteiger partial charge in [-0.2, -0.15) is 0 Å². The van der Waals surface area contributed by atoms with Crippen LogP contribution in [0.5, 0.6) is 0 Å². The quantitative estimate of drug-likeness (QED) is 0.879. The molecule has 4 nitrogen and oxygen atoms in total. The molecule has 2 heterocycles. The van der Waals surface area contributed by atoms with E-state index in [1.807, 2.05) is 12.3 Å². The van der Waals surface area contributed by atoms with E-state index in [4.69, 9.17) is 17.3 Å². The predicted molar refractivity (Wildman–Crippen MR) is 86.1 cm³/mol. The first kappa shape index (κ1) is 13.7. The number of hydrogen-bond donors (Lipinski definition) is 1. The largest absolute Gasteiger partial charge is 0.324 e. The zero-order valence-electron chi connectivity index (χ0n) is 12.1. The van der Waals surface area contributed by atoms with Crippen LogP contribution in [0.3, 0.4) is 0 Å². The molecule has 0 saturated heterocycles. The highest BCUT2D eigenvalue weighted by Crippen LogP contribution is 2.37. The molecule has 5 heteroatoms. The zero-order valence-corrected chi connectivity index (χ0v) is 12.8. The zero-order chi connectivity index (χ0) is 15.3. The summed E-state index contributed by atoms with van der Waals surface area (Å²) in [6.45, 7) is 0.544. The fourth-order valence-electron chi connectivity index (χ4n) is 3.45. The molecule has 2 aromatic rings. The number of anilines is 1. The Hall–Kier alpha value is -1.91. The summed E-state index contributed by atoms with van der Waals surface area (Å²) in [5.74, 6) is 0.0148. The number of fused-ring (bicyclic) bond motifs is 2. The van der Waals surface area contributed by atoms with Crippen molar-refractivity contribution in [2.45, 2.75) is 31.8 Å². The minimum Gasteiger partial charge on any atom is -0.324 e. The molecule has 1 unspecified atom stereocenters. The van der Waals surface area contributed by atoms with Gasteiger partial charge >= 0.3 is 0 Å². The van der Waals surface area contributed by atoms with Crippen molar-refractivity contribution in [3.05, 3.63) is 57.9 Å². The van der Waals surface area contributed by atoms with E-state index in [1.165, 1.54) is 5.56 Å². The fraction of sp³-hybridized carbons (Fsp3) is 0.294. The summed E-state index contributed by atoms with van der Waals surface area (Å²) in [4.78, 5) is 18.8. The summed E-state index contributed by atoms with van der Waals surface area (Å²) in [5, 5.41) is 0.656.